The molecule has 3 heterocycles. The van der Waals surface area contributed by atoms with Crippen LogP contribution in [0.5, 0.6) is 0 Å². The number of piperazine rings is 1. The second kappa shape index (κ2) is 9.01. The number of aldehydes is 1. The molecule has 0 aliphatic carbocycles. The second-order valence-corrected chi connectivity index (χ2v) is 9.54. The minimum absolute atomic E-state index is 0.0986. The molecule has 2 aromatic heterocycles. The van der Waals surface area contributed by atoms with Gasteiger partial charge in [-0.15, -0.1) is 0 Å². The molecule has 32 heavy (non-hydrogen) atoms. The Labute approximate surface area is 186 Å². The molecule has 3 aromatic rings. The van der Waals surface area contributed by atoms with E-state index in [1.54, 1.807) is 27.9 Å². The zero-order valence-electron chi connectivity index (χ0n) is 17.6. The Balaban J connectivity index is 1.59. The minimum Gasteiger partial charge on any atom is -0.336 e. The van der Waals surface area contributed by atoms with E-state index in [1.807, 2.05) is 36.5 Å². The highest BCUT2D eigenvalue weighted by molar-refractivity contribution is 7.88. The fraction of sp³-hybridized carbons (Fsp3) is 0.273. The van der Waals surface area contributed by atoms with Gasteiger partial charge in [-0.3, -0.25) is 9.78 Å². The zero-order chi connectivity index (χ0) is 22.7. The number of aromatic nitrogens is 3. The van der Waals surface area contributed by atoms with Crippen molar-refractivity contribution in [2.24, 2.45) is 0 Å². The van der Waals surface area contributed by atoms with Crippen molar-refractivity contribution in [1.82, 2.24) is 24.0 Å². The number of benzene rings is 1. The molecule has 1 aliphatic rings. The molecule has 1 aromatic carbocycles. The summed E-state index contributed by atoms with van der Waals surface area (Å²) >= 11 is 0. The minimum atomic E-state index is -3.28. The average molecular weight is 454 g/mol. The van der Waals surface area contributed by atoms with Gasteiger partial charge in [-0.05, 0) is 30.3 Å². The van der Waals surface area contributed by atoms with Gasteiger partial charge in [0.05, 0.1) is 17.6 Å². The highest BCUT2D eigenvalue weighted by Crippen LogP contribution is 2.22. The van der Waals surface area contributed by atoms with Crippen molar-refractivity contribution in [2.45, 2.75) is 6.42 Å². The molecule has 0 atom stereocenters. The molecule has 9 nitrogen and oxygen atoms in total. The summed E-state index contributed by atoms with van der Waals surface area (Å²) in [5.74, 6) is -0.206. The number of nitrogens with zero attached hydrogens (tertiary/aromatic N) is 5. The van der Waals surface area contributed by atoms with E-state index in [0.29, 0.717) is 30.0 Å². The molecule has 1 fully saturated rings. The maximum Gasteiger partial charge on any atom is 0.254 e. The molecule has 0 bridgehead atoms. The van der Waals surface area contributed by atoms with Crippen LogP contribution in [-0.4, -0.2) is 77.0 Å². The standard InChI is InChI=1S/C22H23N5O4S/c1-32(30,31)26-12-10-25(11-13-26)22(29)18-15-19(7-14-28)24-21(16-18)17-3-5-20(6-4-17)27-9-2-8-23-27/h2-6,8-9,14-16H,7,10-13H2,1H3. The summed E-state index contributed by atoms with van der Waals surface area (Å²) in [5.41, 5.74) is 3.23. The van der Waals surface area contributed by atoms with E-state index >= 15 is 0 Å². The van der Waals surface area contributed by atoms with Gasteiger partial charge in [-0.1, -0.05) is 12.1 Å². The number of carbonyl (C=O) groups is 2. The first-order valence-corrected chi connectivity index (χ1v) is 12.0. The van der Waals surface area contributed by atoms with E-state index in [2.05, 4.69) is 10.1 Å². The summed E-state index contributed by atoms with van der Waals surface area (Å²) in [7, 11) is -3.28. The molecule has 10 heteroatoms. The Kier molecular flexibility index (Phi) is 6.15. The van der Waals surface area contributed by atoms with Crippen molar-refractivity contribution in [3.05, 3.63) is 66.1 Å². The molecular formula is C22H23N5O4S. The summed E-state index contributed by atoms with van der Waals surface area (Å²) in [6.45, 7) is 1.15. The molecule has 1 saturated heterocycles. The van der Waals surface area contributed by atoms with Crippen LogP contribution >= 0.6 is 0 Å². The Bertz CT molecular complexity index is 1220. The molecule has 0 unspecified atom stereocenters. The van der Waals surface area contributed by atoms with Crippen molar-refractivity contribution in [2.75, 3.05) is 32.4 Å². The number of pyridine rings is 1. The van der Waals surface area contributed by atoms with Gasteiger partial charge in [0, 0.05) is 61.8 Å². The maximum absolute atomic E-state index is 13.1. The highest BCUT2D eigenvalue weighted by atomic mass is 32.2. The largest absolute Gasteiger partial charge is 0.336 e. The van der Waals surface area contributed by atoms with Gasteiger partial charge in [-0.25, -0.2) is 13.1 Å². The van der Waals surface area contributed by atoms with Gasteiger partial charge in [-0.2, -0.15) is 9.40 Å². The normalized spacial score (nSPS) is 15.0. The third kappa shape index (κ3) is 4.76. The van der Waals surface area contributed by atoms with Gasteiger partial charge in [0.15, 0.2) is 0 Å². The lowest BCUT2D eigenvalue weighted by molar-refractivity contribution is -0.107. The quantitative estimate of drug-likeness (QED) is 0.523. The number of rotatable bonds is 6. The fourth-order valence-electron chi connectivity index (χ4n) is 3.66. The smallest absolute Gasteiger partial charge is 0.254 e. The SMILES string of the molecule is CS(=O)(=O)N1CCN(C(=O)c2cc(CC=O)nc(-c3ccc(-n4cccn4)cc3)c2)CC1. The molecule has 0 saturated carbocycles. The van der Waals surface area contributed by atoms with Crippen LogP contribution in [0.1, 0.15) is 16.1 Å². The Morgan fingerprint density at radius 1 is 1.09 bits per heavy atom. The van der Waals surface area contributed by atoms with E-state index < -0.39 is 10.0 Å². The number of amides is 1. The van der Waals surface area contributed by atoms with Crippen LogP contribution in [-0.2, 0) is 21.2 Å². The molecule has 4 rings (SSSR count). The number of sulfonamides is 1. The predicted molar refractivity (Wildman–Crippen MR) is 119 cm³/mol. The first-order valence-electron chi connectivity index (χ1n) is 10.1. The van der Waals surface area contributed by atoms with Crippen LogP contribution in [0, 0.1) is 0 Å². The topological polar surface area (TPSA) is 105 Å². The van der Waals surface area contributed by atoms with E-state index in [4.69, 9.17) is 0 Å². The van der Waals surface area contributed by atoms with Crippen molar-refractivity contribution in [3.8, 4) is 16.9 Å². The Morgan fingerprint density at radius 2 is 1.81 bits per heavy atom. The predicted octanol–water partition coefficient (Wildman–Crippen LogP) is 1.39. The number of hydrogen-bond donors (Lipinski definition) is 0. The van der Waals surface area contributed by atoms with Crippen LogP contribution in [0.15, 0.2) is 54.9 Å². The first-order chi connectivity index (χ1) is 15.3. The zero-order valence-corrected chi connectivity index (χ0v) is 18.4. The van der Waals surface area contributed by atoms with Crippen LogP contribution in [0.25, 0.3) is 16.9 Å². The third-order valence-electron chi connectivity index (χ3n) is 5.34. The van der Waals surface area contributed by atoms with Crippen LogP contribution in [0.2, 0.25) is 0 Å². The summed E-state index contributed by atoms with van der Waals surface area (Å²) < 4.78 is 26.6. The Morgan fingerprint density at radius 3 is 2.41 bits per heavy atom. The van der Waals surface area contributed by atoms with Crippen molar-refractivity contribution in [1.29, 1.82) is 0 Å². The van der Waals surface area contributed by atoms with Gasteiger partial charge in [0.1, 0.15) is 6.29 Å². The summed E-state index contributed by atoms with van der Waals surface area (Å²) in [6, 6.07) is 12.8. The molecule has 1 amide bonds. The number of carbonyl (C=O) groups excluding carboxylic acids is 2. The van der Waals surface area contributed by atoms with Crippen LogP contribution in [0.3, 0.4) is 0 Å². The van der Waals surface area contributed by atoms with Gasteiger partial charge < -0.3 is 9.69 Å². The highest BCUT2D eigenvalue weighted by Gasteiger charge is 2.27. The first kappa shape index (κ1) is 21.8. The average Bonchev–Trinajstić information content (AvgIpc) is 3.33. The van der Waals surface area contributed by atoms with Gasteiger partial charge in [0.25, 0.3) is 5.91 Å². The monoisotopic (exact) mass is 453 g/mol. The molecule has 0 N–H and O–H groups in total. The molecule has 0 spiro atoms. The summed E-state index contributed by atoms with van der Waals surface area (Å²) in [4.78, 5) is 30.4. The maximum atomic E-state index is 13.1. The lowest BCUT2D eigenvalue weighted by atomic mass is 10.1. The molecule has 1 aliphatic heterocycles. The number of hydrogen-bond acceptors (Lipinski definition) is 6. The van der Waals surface area contributed by atoms with Crippen LogP contribution < -0.4 is 0 Å². The van der Waals surface area contributed by atoms with E-state index in [9.17, 15) is 18.0 Å². The lowest BCUT2D eigenvalue weighted by Crippen LogP contribution is -2.50. The van der Waals surface area contributed by atoms with E-state index in [1.165, 1.54) is 10.6 Å². The molecular weight excluding hydrogens is 430 g/mol. The van der Waals surface area contributed by atoms with Gasteiger partial charge >= 0.3 is 0 Å². The lowest BCUT2D eigenvalue weighted by Gasteiger charge is -2.33. The molecule has 0 radical (unpaired) electrons. The van der Waals surface area contributed by atoms with E-state index in [-0.39, 0.29) is 25.4 Å². The summed E-state index contributed by atoms with van der Waals surface area (Å²) in [6.07, 6.45) is 5.57. The fourth-order valence-corrected chi connectivity index (χ4v) is 4.49. The third-order valence-corrected chi connectivity index (χ3v) is 6.65. The molecule has 166 valence electrons. The Hall–Kier alpha value is -3.37. The van der Waals surface area contributed by atoms with Crippen molar-refractivity contribution in [3.63, 3.8) is 0 Å². The van der Waals surface area contributed by atoms with Crippen molar-refractivity contribution >= 4 is 22.2 Å². The van der Waals surface area contributed by atoms with Crippen LogP contribution in [0.4, 0.5) is 0 Å². The van der Waals surface area contributed by atoms with Gasteiger partial charge in [0.2, 0.25) is 10.0 Å². The van der Waals surface area contributed by atoms with E-state index in [0.717, 1.165) is 17.5 Å². The second-order valence-electron chi connectivity index (χ2n) is 7.55. The summed E-state index contributed by atoms with van der Waals surface area (Å²) in [5, 5.41) is 4.21. The van der Waals surface area contributed by atoms with Crippen molar-refractivity contribution < 1.29 is 18.0 Å².